The van der Waals surface area contributed by atoms with Gasteiger partial charge in [-0.3, -0.25) is 0 Å². The summed E-state index contributed by atoms with van der Waals surface area (Å²) in [6, 6.07) is 29.1. The molecule has 6 rings (SSSR count). The second-order valence-electron chi connectivity index (χ2n) is 10.1. The van der Waals surface area contributed by atoms with Crippen molar-refractivity contribution in [3.63, 3.8) is 0 Å². The Kier molecular flexibility index (Phi) is 4.99. The molecule has 5 aromatic rings. The van der Waals surface area contributed by atoms with Crippen LogP contribution in [0.25, 0.3) is 44.3 Å². The van der Waals surface area contributed by atoms with Crippen molar-refractivity contribution in [3.8, 4) is 22.8 Å². The van der Waals surface area contributed by atoms with Crippen LogP contribution in [0.5, 0.6) is 0 Å². The predicted molar refractivity (Wildman–Crippen MR) is 141 cm³/mol. The van der Waals surface area contributed by atoms with E-state index in [1.165, 1.54) is 10.8 Å². The lowest BCUT2D eigenvalue weighted by Crippen LogP contribution is -2.41. The lowest BCUT2D eigenvalue weighted by Gasteiger charge is -2.32. The first-order chi connectivity index (χ1) is 16.8. The molecule has 172 valence electrons. The summed E-state index contributed by atoms with van der Waals surface area (Å²) < 4.78 is 12.6. The van der Waals surface area contributed by atoms with Crippen LogP contribution in [0.1, 0.15) is 27.7 Å². The highest BCUT2D eigenvalue weighted by Gasteiger charge is 2.53. The molecule has 0 N–H and O–H groups in total. The fourth-order valence-electron chi connectivity index (χ4n) is 4.36. The van der Waals surface area contributed by atoms with Crippen LogP contribution in [-0.4, -0.2) is 33.3 Å². The van der Waals surface area contributed by atoms with Crippen LogP contribution in [0.3, 0.4) is 0 Å². The minimum Gasteiger partial charge on any atom is -0.397 e. The molecule has 1 aromatic heterocycles. The second-order valence-corrected chi connectivity index (χ2v) is 10.1. The molecule has 0 aliphatic carbocycles. The normalized spacial score (nSPS) is 16.7. The monoisotopic (exact) mass is 459 g/mol. The molecule has 1 aliphatic heterocycles. The van der Waals surface area contributed by atoms with E-state index >= 15 is 0 Å². The highest BCUT2D eigenvalue weighted by atomic mass is 16.7. The van der Waals surface area contributed by atoms with Gasteiger partial charge in [-0.05, 0) is 61.4 Å². The van der Waals surface area contributed by atoms with Crippen LogP contribution < -0.4 is 5.72 Å². The van der Waals surface area contributed by atoms with Crippen molar-refractivity contribution in [1.29, 1.82) is 0 Å². The Morgan fingerprint density at radius 2 is 0.971 bits per heavy atom. The molecule has 0 bridgehead atoms. The summed E-state index contributed by atoms with van der Waals surface area (Å²) >= 11 is 0. The van der Waals surface area contributed by atoms with Crippen LogP contribution in [0.15, 0.2) is 84.9 Å². The summed E-state index contributed by atoms with van der Waals surface area (Å²) in [5, 5.41) is 4.61. The maximum atomic E-state index is 6.30. The van der Waals surface area contributed by atoms with Gasteiger partial charge in [0.1, 0.15) is 0 Å². The number of hydrogen-bond acceptors (Lipinski definition) is 5. The van der Waals surface area contributed by atoms with Crippen molar-refractivity contribution in [1.82, 2.24) is 15.0 Å². The van der Waals surface area contributed by atoms with E-state index in [-0.39, 0.29) is 0 Å². The van der Waals surface area contributed by atoms with Gasteiger partial charge in [0.2, 0.25) is 0 Å². The molecule has 4 aromatic carbocycles. The summed E-state index contributed by atoms with van der Waals surface area (Å²) in [6.07, 6.45) is 0. The number of nitrogens with zero attached hydrogens (tertiary/aromatic N) is 3. The number of fused-ring (bicyclic) bond motifs is 2. The molecule has 5 nitrogen and oxygen atoms in total. The Balaban J connectivity index is 1.52. The SMILES string of the molecule is CC1(C)OB(c2nc(-c3ccc4ccccc4c3)nc(-c3ccc4ccccc4c3)n2)OC1(C)C. The van der Waals surface area contributed by atoms with Gasteiger partial charge in [-0.25, -0.2) is 15.0 Å². The number of rotatable bonds is 3. The first-order valence-electron chi connectivity index (χ1n) is 11.9. The van der Waals surface area contributed by atoms with Gasteiger partial charge < -0.3 is 9.31 Å². The highest BCUT2D eigenvalue weighted by molar-refractivity contribution is 6.60. The predicted octanol–water partition coefficient (Wildman–Crippen LogP) is 5.81. The Bertz CT molecular complexity index is 1470. The maximum Gasteiger partial charge on any atom is 0.534 e. The fraction of sp³-hybridized carbons (Fsp3) is 0.207. The molecule has 1 aliphatic rings. The van der Waals surface area contributed by atoms with Gasteiger partial charge in [0.05, 0.1) is 11.2 Å². The maximum absolute atomic E-state index is 6.30. The Morgan fingerprint density at radius 1 is 0.543 bits per heavy atom. The first-order valence-corrected chi connectivity index (χ1v) is 11.9. The summed E-state index contributed by atoms with van der Waals surface area (Å²) in [5.74, 6) is 1.19. The van der Waals surface area contributed by atoms with Crippen LogP contribution in [-0.2, 0) is 9.31 Å². The number of benzene rings is 4. The van der Waals surface area contributed by atoms with Gasteiger partial charge >= 0.3 is 7.12 Å². The average molecular weight is 459 g/mol. The van der Waals surface area contributed by atoms with Crippen LogP contribution in [0.2, 0.25) is 0 Å². The van der Waals surface area contributed by atoms with Crippen molar-refractivity contribution >= 4 is 34.4 Å². The molecule has 0 amide bonds. The van der Waals surface area contributed by atoms with E-state index in [9.17, 15) is 0 Å². The largest absolute Gasteiger partial charge is 0.534 e. The van der Waals surface area contributed by atoms with Crippen molar-refractivity contribution in [3.05, 3.63) is 84.9 Å². The summed E-state index contributed by atoms with van der Waals surface area (Å²) in [5.41, 5.74) is 1.34. The molecule has 1 fully saturated rings. The summed E-state index contributed by atoms with van der Waals surface area (Å²) in [4.78, 5) is 14.6. The lowest BCUT2D eigenvalue weighted by molar-refractivity contribution is 0.00578. The van der Waals surface area contributed by atoms with E-state index in [1.807, 2.05) is 52.0 Å². The molecule has 0 radical (unpaired) electrons. The van der Waals surface area contributed by atoms with E-state index in [4.69, 9.17) is 24.3 Å². The molecule has 0 unspecified atom stereocenters. The zero-order valence-electron chi connectivity index (χ0n) is 20.3. The molecule has 0 atom stereocenters. The topological polar surface area (TPSA) is 57.1 Å². The molecule has 1 saturated heterocycles. The standard InChI is InChI=1S/C29H26BN3O2/c1-28(2)29(3,4)35-30(34-28)27-32-25(23-15-13-19-9-5-7-11-21(19)17-23)31-26(33-27)24-16-14-20-10-6-8-12-22(20)18-24/h5-18H,1-4H3. The quantitative estimate of drug-likeness (QED) is 0.319. The van der Waals surface area contributed by atoms with Gasteiger partial charge in [0.25, 0.3) is 0 Å². The Morgan fingerprint density at radius 3 is 1.43 bits per heavy atom. The van der Waals surface area contributed by atoms with Crippen LogP contribution in [0, 0.1) is 0 Å². The average Bonchev–Trinajstić information content (AvgIpc) is 3.09. The first kappa shape index (κ1) is 21.9. The molecule has 0 saturated carbocycles. The highest BCUT2D eigenvalue weighted by Crippen LogP contribution is 2.36. The van der Waals surface area contributed by atoms with E-state index in [2.05, 4.69) is 60.7 Å². The zero-order chi connectivity index (χ0) is 24.2. The van der Waals surface area contributed by atoms with Crippen molar-refractivity contribution in [2.24, 2.45) is 0 Å². The molecule has 2 heterocycles. The number of aromatic nitrogens is 3. The van der Waals surface area contributed by atoms with E-state index in [0.717, 1.165) is 21.9 Å². The molecule has 0 spiro atoms. The smallest absolute Gasteiger partial charge is 0.397 e. The Hall–Kier alpha value is -3.61. The minimum absolute atomic E-state index is 0.477. The van der Waals surface area contributed by atoms with Gasteiger partial charge in [-0.2, -0.15) is 0 Å². The van der Waals surface area contributed by atoms with E-state index in [0.29, 0.717) is 17.4 Å². The second kappa shape index (κ2) is 7.97. The fourth-order valence-corrected chi connectivity index (χ4v) is 4.36. The van der Waals surface area contributed by atoms with Gasteiger partial charge in [-0.1, -0.05) is 72.8 Å². The van der Waals surface area contributed by atoms with Crippen molar-refractivity contribution < 1.29 is 9.31 Å². The lowest BCUT2D eigenvalue weighted by atomic mass is 9.88. The third-order valence-corrected chi connectivity index (χ3v) is 7.13. The van der Waals surface area contributed by atoms with Gasteiger partial charge in [0.15, 0.2) is 17.4 Å². The van der Waals surface area contributed by atoms with Gasteiger partial charge in [-0.15, -0.1) is 0 Å². The molecule has 35 heavy (non-hydrogen) atoms. The van der Waals surface area contributed by atoms with Crippen LogP contribution >= 0.6 is 0 Å². The third kappa shape index (κ3) is 3.89. The van der Waals surface area contributed by atoms with Crippen molar-refractivity contribution in [2.45, 2.75) is 38.9 Å². The van der Waals surface area contributed by atoms with Crippen molar-refractivity contribution in [2.75, 3.05) is 0 Å². The van der Waals surface area contributed by atoms with E-state index in [1.54, 1.807) is 0 Å². The molecular weight excluding hydrogens is 433 g/mol. The Labute approximate surface area is 205 Å². The summed E-state index contributed by atoms with van der Waals surface area (Å²) in [6.45, 7) is 8.12. The van der Waals surface area contributed by atoms with E-state index < -0.39 is 18.3 Å². The zero-order valence-corrected chi connectivity index (χ0v) is 20.3. The van der Waals surface area contributed by atoms with Gasteiger partial charge in [0, 0.05) is 11.1 Å². The van der Waals surface area contributed by atoms with Crippen LogP contribution in [0.4, 0.5) is 0 Å². The molecular formula is C29H26BN3O2. The minimum atomic E-state index is -0.679. The third-order valence-electron chi connectivity index (χ3n) is 7.13. The summed E-state index contributed by atoms with van der Waals surface area (Å²) in [7, 11) is -0.679. The number of hydrogen-bond donors (Lipinski definition) is 0. The molecule has 6 heteroatoms.